The van der Waals surface area contributed by atoms with Crippen molar-refractivity contribution in [1.82, 2.24) is 15.3 Å². The molecule has 2 aromatic rings. The van der Waals surface area contributed by atoms with Gasteiger partial charge in [-0.2, -0.15) is 13.2 Å². The molecule has 6 nitrogen and oxygen atoms in total. The number of anilines is 2. The summed E-state index contributed by atoms with van der Waals surface area (Å²) in [6.45, 7) is 7.60. The number of nitrogens with zero attached hydrogens (tertiary/aromatic N) is 2. The van der Waals surface area contributed by atoms with Gasteiger partial charge in [-0.3, -0.25) is 4.79 Å². The summed E-state index contributed by atoms with van der Waals surface area (Å²) in [7, 11) is 0. The Hall–Kier alpha value is -2.39. The van der Waals surface area contributed by atoms with Crippen LogP contribution in [0.15, 0.2) is 18.2 Å². The highest BCUT2D eigenvalue weighted by atomic mass is 35.5. The zero-order chi connectivity index (χ0) is 23.9. The Morgan fingerprint density at radius 1 is 1.25 bits per heavy atom. The summed E-state index contributed by atoms with van der Waals surface area (Å²) in [4.78, 5) is 18.8. The van der Waals surface area contributed by atoms with Crippen LogP contribution in [0.3, 0.4) is 0 Å². The maximum atomic E-state index is 12.9. The van der Waals surface area contributed by atoms with Crippen LogP contribution in [0, 0.1) is 5.92 Å². The zero-order valence-electron chi connectivity index (χ0n) is 18.4. The highest BCUT2D eigenvalue weighted by molar-refractivity contribution is 6.28. The average Bonchev–Trinajstić information content (AvgIpc) is 2.64. The Kier molecular flexibility index (Phi) is 9.27. The molecule has 0 bridgehead atoms. The first-order valence-electron chi connectivity index (χ1n) is 10.5. The summed E-state index contributed by atoms with van der Waals surface area (Å²) < 4.78 is 38.7. The number of rotatable bonds is 7. The molecule has 3 rings (SSSR count). The first kappa shape index (κ1) is 25.9. The predicted octanol–water partition coefficient (Wildman–Crippen LogP) is 4.65. The molecule has 1 aromatic heterocycles. The maximum Gasteiger partial charge on any atom is 0.416 e. The summed E-state index contributed by atoms with van der Waals surface area (Å²) in [5.41, 5.74) is 7.09. The standard InChI is InChI=1S/C17H20ClF3N4.C5H9NO/c1-3-5-14-13(4-2)15(25-16(18)24-14)23-9-10-6-11(17(19,20)21)8-12(22)7-10;1-4(7)5-2-6-3-5/h6-8H,3-5,9,22H2,1-2H3,(H,23,24,25);5-6H,2-3H2,1H3. The van der Waals surface area contributed by atoms with Gasteiger partial charge in [0.05, 0.1) is 11.3 Å². The van der Waals surface area contributed by atoms with Crippen molar-refractivity contribution < 1.29 is 18.0 Å². The second-order valence-corrected chi connectivity index (χ2v) is 7.99. The van der Waals surface area contributed by atoms with Gasteiger partial charge >= 0.3 is 6.18 Å². The number of alkyl halides is 3. The number of nitrogens with one attached hydrogen (secondary N) is 2. The van der Waals surface area contributed by atoms with Crippen molar-refractivity contribution in [2.24, 2.45) is 5.92 Å². The SMILES string of the molecule is CC(=O)C1CNC1.CCCc1nc(Cl)nc(NCc2cc(N)cc(C(F)(F)F)c2)c1CC. The van der Waals surface area contributed by atoms with Gasteiger partial charge in [-0.05, 0) is 55.1 Å². The minimum Gasteiger partial charge on any atom is -0.399 e. The summed E-state index contributed by atoms with van der Waals surface area (Å²) in [6, 6.07) is 3.50. The number of hydrogen-bond acceptors (Lipinski definition) is 6. The lowest BCUT2D eigenvalue weighted by Gasteiger charge is -2.23. The summed E-state index contributed by atoms with van der Waals surface area (Å²) >= 11 is 5.98. The van der Waals surface area contributed by atoms with Crippen molar-refractivity contribution in [3.8, 4) is 0 Å². The van der Waals surface area contributed by atoms with E-state index in [2.05, 4.69) is 20.6 Å². The van der Waals surface area contributed by atoms with E-state index in [1.165, 1.54) is 6.07 Å². The third kappa shape index (κ3) is 7.34. The van der Waals surface area contributed by atoms with E-state index in [4.69, 9.17) is 17.3 Å². The molecule has 0 spiro atoms. The highest BCUT2D eigenvalue weighted by Crippen LogP contribution is 2.31. The largest absolute Gasteiger partial charge is 0.416 e. The van der Waals surface area contributed by atoms with Gasteiger partial charge in [0, 0.05) is 36.8 Å². The molecule has 1 saturated heterocycles. The number of hydrogen-bond donors (Lipinski definition) is 3. The second-order valence-electron chi connectivity index (χ2n) is 7.65. The predicted molar refractivity (Wildman–Crippen MR) is 121 cm³/mol. The molecular formula is C22H29ClF3N5O. The molecule has 1 fully saturated rings. The van der Waals surface area contributed by atoms with Crippen LogP contribution in [0.25, 0.3) is 0 Å². The molecule has 1 aliphatic rings. The van der Waals surface area contributed by atoms with E-state index in [0.717, 1.165) is 49.3 Å². The lowest BCUT2D eigenvalue weighted by molar-refractivity contribution is -0.137. The molecule has 0 unspecified atom stereocenters. The van der Waals surface area contributed by atoms with E-state index in [0.29, 0.717) is 29.5 Å². The fourth-order valence-corrected chi connectivity index (χ4v) is 3.39. The van der Waals surface area contributed by atoms with Gasteiger partial charge in [0.15, 0.2) is 0 Å². The number of ketones is 1. The van der Waals surface area contributed by atoms with Crippen LogP contribution in [-0.2, 0) is 30.4 Å². The molecule has 0 amide bonds. The third-order valence-corrected chi connectivity index (χ3v) is 5.23. The molecule has 2 heterocycles. The molecule has 4 N–H and O–H groups in total. The minimum absolute atomic E-state index is 0.0646. The Balaban J connectivity index is 0.000000439. The van der Waals surface area contributed by atoms with Crippen LogP contribution in [-0.4, -0.2) is 28.8 Å². The first-order chi connectivity index (χ1) is 15.0. The van der Waals surface area contributed by atoms with Gasteiger partial charge in [-0.15, -0.1) is 0 Å². The molecule has 0 saturated carbocycles. The minimum atomic E-state index is -4.44. The number of carbonyl (C=O) groups excluding carboxylic acids is 1. The first-order valence-corrected chi connectivity index (χ1v) is 10.9. The number of halogens is 4. The van der Waals surface area contributed by atoms with Crippen molar-refractivity contribution in [3.63, 3.8) is 0 Å². The number of benzene rings is 1. The zero-order valence-corrected chi connectivity index (χ0v) is 19.2. The molecule has 176 valence electrons. The molecule has 0 radical (unpaired) electrons. The number of aromatic nitrogens is 2. The lowest BCUT2D eigenvalue weighted by Crippen LogP contribution is -2.45. The van der Waals surface area contributed by atoms with Crippen molar-refractivity contribution >= 4 is 28.9 Å². The number of nitrogen functional groups attached to an aromatic ring is 1. The van der Waals surface area contributed by atoms with E-state index >= 15 is 0 Å². The summed E-state index contributed by atoms with van der Waals surface area (Å²) in [6.07, 6.45) is -2.08. The third-order valence-electron chi connectivity index (χ3n) is 5.06. The van der Waals surface area contributed by atoms with Gasteiger partial charge in [0.2, 0.25) is 5.28 Å². The van der Waals surface area contributed by atoms with Crippen molar-refractivity contribution in [2.45, 2.75) is 52.8 Å². The second kappa shape index (κ2) is 11.5. The topological polar surface area (TPSA) is 92.9 Å². The Morgan fingerprint density at radius 3 is 2.41 bits per heavy atom. The van der Waals surface area contributed by atoms with Crippen LogP contribution < -0.4 is 16.4 Å². The summed E-state index contributed by atoms with van der Waals surface area (Å²) in [5.74, 6) is 1.20. The highest BCUT2D eigenvalue weighted by Gasteiger charge is 2.31. The monoisotopic (exact) mass is 471 g/mol. The molecule has 32 heavy (non-hydrogen) atoms. The van der Waals surface area contributed by atoms with Crippen LogP contribution in [0.4, 0.5) is 24.7 Å². The van der Waals surface area contributed by atoms with E-state index in [1.54, 1.807) is 6.92 Å². The van der Waals surface area contributed by atoms with Crippen LogP contribution in [0.5, 0.6) is 0 Å². The molecule has 0 aliphatic carbocycles. The van der Waals surface area contributed by atoms with E-state index < -0.39 is 11.7 Å². The maximum absolute atomic E-state index is 12.9. The molecular weight excluding hydrogens is 443 g/mol. The fraction of sp³-hybridized carbons (Fsp3) is 0.500. The quantitative estimate of drug-likeness (QED) is 0.402. The van der Waals surface area contributed by atoms with Gasteiger partial charge in [-0.25, -0.2) is 9.97 Å². The van der Waals surface area contributed by atoms with Crippen molar-refractivity contribution in [3.05, 3.63) is 45.9 Å². The lowest BCUT2D eigenvalue weighted by atomic mass is 10.00. The number of aryl methyl sites for hydroxylation is 1. The normalized spacial score (nSPS) is 13.7. The van der Waals surface area contributed by atoms with E-state index in [-0.39, 0.29) is 17.5 Å². The smallest absolute Gasteiger partial charge is 0.399 e. The van der Waals surface area contributed by atoms with Gasteiger partial charge in [-0.1, -0.05) is 20.3 Å². The summed E-state index contributed by atoms with van der Waals surface area (Å²) in [5, 5.41) is 6.21. The molecule has 1 aliphatic heterocycles. The number of nitrogens with two attached hydrogens (primary N) is 1. The molecule has 1 aromatic carbocycles. The Morgan fingerprint density at radius 2 is 1.94 bits per heavy atom. The van der Waals surface area contributed by atoms with E-state index in [9.17, 15) is 18.0 Å². The van der Waals surface area contributed by atoms with Crippen LogP contribution in [0.1, 0.15) is 49.6 Å². The van der Waals surface area contributed by atoms with Gasteiger partial charge < -0.3 is 16.4 Å². The van der Waals surface area contributed by atoms with E-state index in [1.807, 2.05) is 13.8 Å². The van der Waals surface area contributed by atoms with Crippen molar-refractivity contribution in [2.75, 3.05) is 24.1 Å². The fourth-order valence-electron chi connectivity index (χ4n) is 3.21. The molecule has 0 atom stereocenters. The Labute approximate surface area is 191 Å². The molecule has 10 heteroatoms. The van der Waals surface area contributed by atoms with Crippen molar-refractivity contribution in [1.29, 1.82) is 0 Å². The van der Waals surface area contributed by atoms with Crippen LogP contribution >= 0.6 is 11.6 Å². The average molecular weight is 472 g/mol. The Bertz CT molecular complexity index is 933. The number of Topliss-reactive ketones (excluding diaryl/α,β-unsaturated/α-hetero) is 1. The van der Waals surface area contributed by atoms with Gasteiger partial charge in [0.1, 0.15) is 11.6 Å². The number of carbonyl (C=O) groups is 1. The van der Waals surface area contributed by atoms with Crippen LogP contribution in [0.2, 0.25) is 5.28 Å². The van der Waals surface area contributed by atoms with Gasteiger partial charge in [0.25, 0.3) is 0 Å².